The first-order valence-corrected chi connectivity index (χ1v) is 9.15. The van der Waals surface area contributed by atoms with Crippen LogP contribution in [0.1, 0.15) is 62.0 Å². The number of aromatic nitrogens is 1. The summed E-state index contributed by atoms with van der Waals surface area (Å²) < 4.78 is 5.45. The van der Waals surface area contributed by atoms with Crippen molar-refractivity contribution in [1.29, 1.82) is 0 Å². The minimum absolute atomic E-state index is 0.313. The first-order chi connectivity index (χ1) is 11.6. The van der Waals surface area contributed by atoms with E-state index in [4.69, 9.17) is 9.72 Å². The maximum atomic E-state index is 11.9. The summed E-state index contributed by atoms with van der Waals surface area (Å²) in [6.07, 6.45) is 9.41. The Labute approximate surface area is 143 Å². The number of hydrogen-bond donors (Lipinski definition) is 1. The van der Waals surface area contributed by atoms with Gasteiger partial charge in [0.1, 0.15) is 5.82 Å². The maximum Gasteiger partial charge on any atom is 0.314 e. The summed E-state index contributed by atoms with van der Waals surface area (Å²) in [6.45, 7) is 1.77. The molecule has 3 aliphatic rings. The van der Waals surface area contributed by atoms with Crippen molar-refractivity contribution in [3.63, 3.8) is 0 Å². The number of piperidine rings is 1. The van der Waals surface area contributed by atoms with E-state index in [0.717, 1.165) is 50.2 Å². The number of ether oxygens (including phenoxy) is 1. The Kier molecular flexibility index (Phi) is 3.99. The fraction of sp³-hybridized carbons (Fsp3) is 0.684. The van der Waals surface area contributed by atoms with Gasteiger partial charge in [0.15, 0.2) is 0 Å². The van der Waals surface area contributed by atoms with Crippen LogP contribution in [0, 0.1) is 0 Å². The summed E-state index contributed by atoms with van der Waals surface area (Å²) in [6, 6.07) is 2.16. The predicted octanol–water partition coefficient (Wildman–Crippen LogP) is 3.08. The van der Waals surface area contributed by atoms with E-state index in [1.165, 1.54) is 24.8 Å². The number of aliphatic carboxylic acids is 1. The quantitative estimate of drug-likeness (QED) is 0.899. The molecule has 0 aromatic carbocycles. The highest BCUT2D eigenvalue weighted by Gasteiger charge is 2.54. The van der Waals surface area contributed by atoms with Crippen molar-refractivity contribution >= 4 is 11.8 Å². The van der Waals surface area contributed by atoms with E-state index >= 15 is 0 Å². The van der Waals surface area contributed by atoms with E-state index in [1.807, 2.05) is 6.20 Å². The van der Waals surface area contributed by atoms with Crippen molar-refractivity contribution in [2.45, 2.75) is 62.4 Å². The summed E-state index contributed by atoms with van der Waals surface area (Å²) in [4.78, 5) is 18.9. The molecule has 1 N–H and O–H groups in total. The van der Waals surface area contributed by atoms with Gasteiger partial charge in [0, 0.05) is 32.0 Å². The van der Waals surface area contributed by atoms with Crippen molar-refractivity contribution in [3.05, 3.63) is 23.4 Å². The van der Waals surface area contributed by atoms with Gasteiger partial charge in [-0.2, -0.15) is 0 Å². The second kappa shape index (κ2) is 6.03. The smallest absolute Gasteiger partial charge is 0.314 e. The molecule has 2 saturated carbocycles. The number of hydrogen-bond acceptors (Lipinski definition) is 4. The third kappa shape index (κ3) is 2.59. The Balaban J connectivity index is 1.67. The highest BCUT2D eigenvalue weighted by molar-refractivity contribution is 5.87. The highest BCUT2D eigenvalue weighted by atomic mass is 16.5. The third-order valence-corrected chi connectivity index (χ3v) is 6.21. The van der Waals surface area contributed by atoms with Gasteiger partial charge in [-0.05, 0) is 56.1 Å². The number of nitrogens with zero attached hydrogens (tertiary/aromatic N) is 2. The molecule has 130 valence electrons. The Hall–Kier alpha value is -1.62. The molecule has 0 atom stereocenters. The van der Waals surface area contributed by atoms with Gasteiger partial charge in [-0.15, -0.1) is 0 Å². The zero-order valence-electron chi connectivity index (χ0n) is 14.3. The molecule has 1 aromatic heterocycles. The molecule has 5 nitrogen and oxygen atoms in total. The van der Waals surface area contributed by atoms with Gasteiger partial charge in [-0.3, -0.25) is 4.79 Å². The zero-order chi connectivity index (χ0) is 16.7. The standard InChI is InChI=1S/C19H26N2O3/c1-24-15-5-9-21(10-6-15)17-16(19(7-8-19)18(22)23)11-14(12-20-17)13-3-2-4-13/h11-13,15H,2-10H2,1H3,(H,22,23). The van der Waals surface area contributed by atoms with Gasteiger partial charge in [0.2, 0.25) is 0 Å². The second-order valence-electron chi connectivity index (χ2n) is 7.58. The van der Waals surface area contributed by atoms with Crippen molar-refractivity contribution in [3.8, 4) is 0 Å². The summed E-state index contributed by atoms with van der Waals surface area (Å²) in [5.74, 6) is 0.782. The van der Waals surface area contributed by atoms with Crippen molar-refractivity contribution < 1.29 is 14.6 Å². The normalized spacial score (nSPS) is 23.8. The van der Waals surface area contributed by atoms with Gasteiger partial charge < -0.3 is 14.7 Å². The number of pyridine rings is 1. The first-order valence-electron chi connectivity index (χ1n) is 9.15. The van der Waals surface area contributed by atoms with E-state index in [9.17, 15) is 9.90 Å². The first kappa shape index (κ1) is 15.9. The molecule has 0 unspecified atom stereocenters. The van der Waals surface area contributed by atoms with E-state index < -0.39 is 11.4 Å². The average molecular weight is 330 g/mol. The fourth-order valence-electron chi connectivity index (χ4n) is 4.07. The third-order valence-electron chi connectivity index (χ3n) is 6.21. The minimum Gasteiger partial charge on any atom is -0.481 e. The van der Waals surface area contributed by atoms with Crippen LogP contribution in [0.15, 0.2) is 12.3 Å². The molecule has 2 aliphatic carbocycles. The molecule has 0 radical (unpaired) electrons. The van der Waals surface area contributed by atoms with Crippen LogP contribution in [0.5, 0.6) is 0 Å². The number of carboxylic acid groups (broad SMARTS) is 1. The summed E-state index contributed by atoms with van der Waals surface area (Å²) in [5.41, 5.74) is 1.50. The Morgan fingerprint density at radius 1 is 1.29 bits per heavy atom. The lowest BCUT2D eigenvalue weighted by molar-refractivity contribution is -0.140. The molecular weight excluding hydrogens is 304 g/mol. The average Bonchev–Trinajstić information content (AvgIpc) is 3.35. The lowest BCUT2D eigenvalue weighted by Crippen LogP contribution is -2.38. The molecule has 5 heteroatoms. The molecule has 1 aliphatic heterocycles. The highest BCUT2D eigenvalue weighted by Crippen LogP contribution is 2.52. The van der Waals surface area contributed by atoms with Gasteiger partial charge in [-0.25, -0.2) is 4.98 Å². The van der Waals surface area contributed by atoms with Crippen LogP contribution in [0.2, 0.25) is 0 Å². The topological polar surface area (TPSA) is 62.7 Å². The molecule has 1 aromatic rings. The molecule has 1 saturated heterocycles. The van der Waals surface area contributed by atoms with Crippen LogP contribution in [-0.4, -0.2) is 42.4 Å². The molecule has 0 bridgehead atoms. The summed E-state index contributed by atoms with van der Waals surface area (Å²) >= 11 is 0. The van der Waals surface area contributed by atoms with E-state index in [2.05, 4.69) is 11.0 Å². The number of rotatable bonds is 5. The Morgan fingerprint density at radius 3 is 2.50 bits per heavy atom. The second-order valence-corrected chi connectivity index (χ2v) is 7.58. The fourth-order valence-corrected chi connectivity index (χ4v) is 4.07. The molecule has 0 amide bonds. The van der Waals surface area contributed by atoms with Gasteiger partial charge in [0.25, 0.3) is 0 Å². The van der Waals surface area contributed by atoms with Gasteiger partial charge in [0.05, 0.1) is 11.5 Å². The van der Waals surface area contributed by atoms with Crippen LogP contribution in [0.3, 0.4) is 0 Å². The van der Waals surface area contributed by atoms with Crippen molar-refractivity contribution in [1.82, 2.24) is 4.98 Å². The summed E-state index contributed by atoms with van der Waals surface area (Å²) in [5, 5.41) is 9.79. The maximum absolute atomic E-state index is 11.9. The number of carbonyl (C=O) groups is 1. The number of carboxylic acids is 1. The molecule has 4 rings (SSSR count). The lowest BCUT2D eigenvalue weighted by atomic mass is 9.79. The molecule has 3 fully saturated rings. The van der Waals surface area contributed by atoms with Crippen LogP contribution in [-0.2, 0) is 14.9 Å². The van der Waals surface area contributed by atoms with E-state index in [1.54, 1.807) is 7.11 Å². The summed E-state index contributed by atoms with van der Waals surface area (Å²) in [7, 11) is 1.76. The Morgan fingerprint density at radius 2 is 2.00 bits per heavy atom. The predicted molar refractivity (Wildman–Crippen MR) is 91.6 cm³/mol. The van der Waals surface area contributed by atoms with Gasteiger partial charge >= 0.3 is 5.97 Å². The van der Waals surface area contributed by atoms with Crippen molar-refractivity contribution in [2.75, 3.05) is 25.1 Å². The van der Waals surface area contributed by atoms with Crippen LogP contribution < -0.4 is 4.90 Å². The zero-order valence-corrected chi connectivity index (χ0v) is 14.3. The van der Waals surface area contributed by atoms with Crippen LogP contribution in [0.25, 0.3) is 0 Å². The SMILES string of the molecule is COC1CCN(c2ncc(C3CCC3)cc2C2(C(=O)O)CC2)CC1. The number of anilines is 1. The molecule has 24 heavy (non-hydrogen) atoms. The molecule has 2 heterocycles. The largest absolute Gasteiger partial charge is 0.481 e. The van der Waals surface area contributed by atoms with Crippen LogP contribution >= 0.6 is 0 Å². The van der Waals surface area contributed by atoms with Crippen LogP contribution in [0.4, 0.5) is 5.82 Å². The monoisotopic (exact) mass is 330 g/mol. The van der Waals surface area contributed by atoms with E-state index in [0.29, 0.717) is 12.0 Å². The van der Waals surface area contributed by atoms with Gasteiger partial charge in [-0.1, -0.05) is 6.42 Å². The van der Waals surface area contributed by atoms with Crippen molar-refractivity contribution in [2.24, 2.45) is 0 Å². The van der Waals surface area contributed by atoms with E-state index in [-0.39, 0.29) is 0 Å². The Bertz CT molecular complexity index is 629. The molecular formula is C19H26N2O3. The lowest BCUT2D eigenvalue weighted by Gasteiger charge is -2.35. The number of methoxy groups -OCH3 is 1. The minimum atomic E-state index is -0.694. The molecule has 0 spiro atoms.